The number of methoxy groups -OCH3 is 1. The van der Waals surface area contributed by atoms with Gasteiger partial charge in [-0.1, -0.05) is 12.1 Å². The molecule has 1 aromatic heterocycles. The molecule has 0 N–H and O–H groups in total. The van der Waals surface area contributed by atoms with E-state index in [0.717, 1.165) is 18.5 Å². The summed E-state index contributed by atoms with van der Waals surface area (Å²) in [6.07, 6.45) is 1.89. The minimum absolute atomic E-state index is 0.0543. The normalized spacial score (nSPS) is 9.95. The summed E-state index contributed by atoms with van der Waals surface area (Å²) in [5.74, 6) is -0.869. The van der Waals surface area contributed by atoms with E-state index in [-0.39, 0.29) is 22.7 Å². The van der Waals surface area contributed by atoms with Gasteiger partial charge < -0.3 is 14.7 Å². The van der Waals surface area contributed by atoms with E-state index >= 15 is 0 Å². The van der Waals surface area contributed by atoms with Crippen LogP contribution in [0.5, 0.6) is 11.5 Å². The number of hydrogen-bond donors (Lipinski definition) is 0. The molecule has 0 bridgehead atoms. The molecule has 108 valence electrons. The minimum Gasteiger partial charge on any atom is -0.619 e. The molecule has 0 aliphatic rings. The van der Waals surface area contributed by atoms with Crippen molar-refractivity contribution in [2.24, 2.45) is 0 Å². The summed E-state index contributed by atoms with van der Waals surface area (Å²) in [6.45, 7) is 0. The van der Waals surface area contributed by atoms with Gasteiger partial charge >= 0.3 is 11.7 Å². The van der Waals surface area contributed by atoms with Gasteiger partial charge in [0.15, 0.2) is 6.20 Å². The fourth-order valence-corrected chi connectivity index (χ4v) is 1.63. The van der Waals surface area contributed by atoms with E-state index in [9.17, 15) is 20.1 Å². The van der Waals surface area contributed by atoms with Crippen LogP contribution >= 0.6 is 0 Å². The Kier molecular flexibility index (Phi) is 3.98. The van der Waals surface area contributed by atoms with Gasteiger partial charge in [0.2, 0.25) is 6.20 Å². The van der Waals surface area contributed by atoms with Crippen molar-refractivity contribution in [3.8, 4) is 11.5 Å². The Morgan fingerprint density at radius 1 is 1.24 bits per heavy atom. The number of nitrogens with zero attached hydrogens (tertiary/aromatic N) is 2. The lowest BCUT2D eigenvalue weighted by Gasteiger charge is -2.09. The Morgan fingerprint density at radius 3 is 2.62 bits per heavy atom. The highest BCUT2D eigenvalue weighted by atomic mass is 16.6. The lowest BCUT2D eigenvalue weighted by molar-refractivity contribution is -0.606. The van der Waals surface area contributed by atoms with Gasteiger partial charge in [-0.05, 0) is 12.1 Å². The molecule has 0 fully saturated rings. The maximum atomic E-state index is 11.6. The summed E-state index contributed by atoms with van der Waals surface area (Å²) < 4.78 is 10.3. The summed E-state index contributed by atoms with van der Waals surface area (Å²) in [5, 5.41) is 22.2. The second kappa shape index (κ2) is 5.87. The Labute approximate surface area is 118 Å². The average molecular weight is 290 g/mol. The zero-order valence-electron chi connectivity index (χ0n) is 10.9. The summed E-state index contributed by atoms with van der Waals surface area (Å²) in [7, 11) is 1.20. The predicted molar refractivity (Wildman–Crippen MR) is 69.9 cm³/mol. The number of nitro groups is 1. The quantitative estimate of drug-likeness (QED) is 0.279. The van der Waals surface area contributed by atoms with E-state index < -0.39 is 10.9 Å². The second-order valence-corrected chi connectivity index (χ2v) is 3.90. The van der Waals surface area contributed by atoms with Crippen LogP contribution in [0.3, 0.4) is 0 Å². The van der Waals surface area contributed by atoms with Crippen LogP contribution in [0.2, 0.25) is 0 Å². The number of carbonyl (C=O) groups excluding carboxylic acids is 1. The molecule has 8 heteroatoms. The van der Waals surface area contributed by atoms with Gasteiger partial charge in [0.05, 0.1) is 18.1 Å². The van der Waals surface area contributed by atoms with Crippen LogP contribution in [0, 0.1) is 15.3 Å². The fourth-order valence-electron chi connectivity index (χ4n) is 1.63. The van der Waals surface area contributed by atoms with Gasteiger partial charge in [-0.15, -0.1) is 0 Å². The van der Waals surface area contributed by atoms with Crippen molar-refractivity contribution in [3.63, 3.8) is 0 Å². The molecule has 21 heavy (non-hydrogen) atoms. The number of para-hydroxylation sites is 1. The maximum absolute atomic E-state index is 11.6. The first kappa shape index (κ1) is 14.3. The van der Waals surface area contributed by atoms with Crippen molar-refractivity contribution in [3.05, 3.63) is 63.6 Å². The number of esters is 1. The van der Waals surface area contributed by atoms with Crippen molar-refractivity contribution in [2.75, 3.05) is 7.11 Å². The number of benzene rings is 1. The first-order chi connectivity index (χ1) is 10.0. The van der Waals surface area contributed by atoms with Crippen LogP contribution in [0.25, 0.3) is 0 Å². The number of carbonyl (C=O) groups is 1. The Hall–Kier alpha value is -3.16. The summed E-state index contributed by atoms with van der Waals surface area (Å²) in [5.41, 5.74) is -0.294. The van der Waals surface area contributed by atoms with Crippen molar-refractivity contribution >= 4 is 11.7 Å². The molecular formula is C13H10N2O6. The third kappa shape index (κ3) is 3.06. The van der Waals surface area contributed by atoms with Crippen LogP contribution in [0.4, 0.5) is 5.69 Å². The summed E-state index contributed by atoms with van der Waals surface area (Å²) in [4.78, 5) is 21.8. The molecule has 0 unspecified atom stereocenters. The Morgan fingerprint density at radius 2 is 1.95 bits per heavy atom. The van der Waals surface area contributed by atoms with Crippen LogP contribution in [0.1, 0.15) is 10.4 Å². The first-order valence-corrected chi connectivity index (χ1v) is 5.75. The van der Waals surface area contributed by atoms with Gasteiger partial charge in [-0.25, -0.2) is 4.79 Å². The highest BCUT2D eigenvalue weighted by Gasteiger charge is 2.22. The molecule has 8 nitrogen and oxygen atoms in total. The Balaban J connectivity index is 2.46. The van der Waals surface area contributed by atoms with Crippen molar-refractivity contribution in [2.45, 2.75) is 0 Å². The van der Waals surface area contributed by atoms with Gasteiger partial charge in [0.25, 0.3) is 5.75 Å². The van der Waals surface area contributed by atoms with Crippen LogP contribution in [-0.4, -0.2) is 18.0 Å². The molecule has 0 spiro atoms. The topological polar surface area (TPSA) is 106 Å². The van der Waals surface area contributed by atoms with Crippen molar-refractivity contribution in [1.29, 1.82) is 0 Å². The van der Waals surface area contributed by atoms with E-state index in [4.69, 9.17) is 4.74 Å². The lowest BCUT2D eigenvalue weighted by atomic mass is 10.2. The van der Waals surface area contributed by atoms with Crippen molar-refractivity contribution in [1.82, 2.24) is 0 Å². The Bertz CT molecular complexity index is 701. The molecule has 1 heterocycles. The molecule has 2 aromatic rings. The molecule has 0 saturated carbocycles. The van der Waals surface area contributed by atoms with Gasteiger partial charge in [0, 0.05) is 0 Å². The number of pyridine rings is 1. The van der Waals surface area contributed by atoms with Gasteiger partial charge in [-0.2, -0.15) is 4.73 Å². The monoisotopic (exact) mass is 290 g/mol. The number of rotatable bonds is 4. The van der Waals surface area contributed by atoms with Gasteiger partial charge in [0.1, 0.15) is 11.3 Å². The van der Waals surface area contributed by atoms with Gasteiger partial charge in [-0.3, -0.25) is 10.1 Å². The van der Waals surface area contributed by atoms with E-state index in [1.807, 2.05) is 0 Å². The van der Waals surface area contributed by atoms with E-state index in [0.29, 0.717) is 4.73 Å². The number of ether oxygens (including phenoxy) is 2. The first-order valence-electron chi connectivity index (χ1n) is 5.75. The molecule has 2 rings (SSSR count). The van der Waals surface area contributed by atoms with Crippen LogP contribution in [-0.2, 0) is 4.74 Å². The van der Waals surface area contributed by atoms with Crippen LogP contribution < -0.4 is 9.47 Å². The molecule has 0 atom stereocenters. The van der Waals surface area contributed by atoms with E-state index in [1.165, 1.54) is 19.2 Å². The highest BCUT2D eigenvalue weighted by Crippen LogP contribution is 2.31. The number of aromatic nitrogens is 1. The van der Waals surface area contributed by atoms with E-state index in [1.54, 1.807) is 12.1 Å². The predicted octanol–water partition coefficient (Wildman–Crippen LogP) is 1.81. The maximum Gasteiger partial charge on any atom is 0.341 e. The molecular weight excluding hydrogens is 280 g/mol. The largest absolute Gasteiger partial charge is 0.619 e. The third-order valence-corrected chi connectivity index (χ3v) is 2.59. The third-order valence-electron chi connectivity index (χ3n) is 2.59. The van der Waals surface area contributed by atoms with Crippen molar-refractivity contribution < 1.29 is 23.9 Å². The molecule has 0 amide bonds. The molecule has 0 aliphatic carbocycles. The smallest absolute Gasteiger partial charge is 0.341 e. The standard InChI is InChI=1S/C13H10N2O6/c1-20-13(16)9-4-2-3-5-11(9)21-12-8-14(17)7-6-10(12)15(18)19/h2-8H,1H3. The molecule has 0 aliphatic heterocycles. The zero-order chi connectivity index (χ0) is 15.4. The van der Waals surface area contributed by atoms with E-state index in [2.05, 4.69) is 4.74 Å². The SMILES string of the molecule is COC(=O)c1ccccc1Oc1c[n+]([O-])ccc1[N+](=O)[O-]. The second-order valence-electron chi connectivity index (χ2n) is 3.90. The summed E-state index contributed by atoms with van der Waals surface area (Å²) in [6, 6.07) is 7.08. The number of hydrogen-bond acceptors (Lipinski definition) is 6. The lowest BCUT2D eigenvalue weighted by Crippen LogP contribution is -2.24. The molecule has 0 radical (unpaired) electrons. The fraction of sp³-hybridized carbons (Fsp3) is 0.0769. The minimum atomic E-state index is -0.684. The molecule has 0 saturated heterocycles. The zero-order valence-corrected chi connectivity index (χ0v) is 10.9. The van der Waals surface area contributed by atoms with Crippen LogP contribution in [0.15, 0.2) is 42.7 Å². The molecule has 1 aromatic carbocycles. The average Bonchev–Trinajstić information content (AvgIpc) is 2.47. The summed E-state index contributed by atoms with van der Waals surface area (Å²) >= 11 is 0. The highest BCUT2D eigenvalue weighted by molar-refractivity contribution is 5.92.